The Morgan fingerprint density at radius 3 is 2.10 bits per heavy atom. The molecule has 0 spiro atoms. The third kappa shape index (κ3) is 25.5. The molecule has 1 aromatic heterocycles. The fourth-order valence-corrected chi connectivity index (χ4v) is 13.4. The van der Waals surface area contributed by atoms with E-state index in [9.17, 15) is 53.1 Å². The number of carbonyl (C=O) groups is 11. The number of urea groups is 1. The van der Waals surface area contributed by atoms with Gasteiger partial charge in [0.15, 0.2) is 11.6 Å². The number of Topliss-reactive ketones (excluding diaryl/α,β-unsaturated/α-hetero) is 3. The zero-order valence-electron chi connectivity index (χ0n) is 58.6. The van der Waals surface area contributed by atoms with Crippen molar-refractivity contribution in [2.75, 3.05) is 39.9 Å². The highest BCUT2D eigenvalue weighted by atomic mass is 32.1. The molecule has 9 atom stereocenters. The SMILES string of the molecule is CCCO[C@H](C[C@H](C(C)C)N(CCC)C(=O)[C@@H](CC(=O)[C@H]1CCCCN1C(=O)OCc1ccc(CC(=O)[C@H](CCCNC(N)=O)CC(=O)[C@@H](NC(=O)CCCCCN2C(=O)C=CC2=O)C(C)C)cc1)[C@@H](C)CC)c1nc(C(=O)N[C@@H](Cc2ccc(O)cc2)C[C@H](C)C(=O)OC)cs1. The minimum Gasteiger partial charge on any atom is -0.508 e. The summed E-state index contributed by atoms with van der Waals surface area (Å²) in [6.07, 6.45) is 8.15. The number of benzene rings is 2. The first-order chi connectivity index (χ1) is 46.3. The van der Waals surface area contributed by atoms with Crippen molar-refractivity contribution in [3.05, 3.63) is 93.5 Å². The van der Waals surface area contributed by atoms with E-state index < -0.39 is 66.0 Å². The first-order valence-corrected chi connectivity index (χ1v) is 35.7. The van der Waals surface area contributed by atoms with Crippen molar-refractivity contribution >= 4 is 76.3 Å². The Balaban J connectivity index is 1.22. The first-order valence-electron chi connectivity index (χ1n) is 34.8. The molecule has 0 radical (unpaired) electrons. The van der Waals surface area contributed by atoms with Crippen molar-refractivity contribution in [3.63, 3.8) is 0 Å². The summed E-state index contributed by atoms with van der Waals surface area (Å²) in [5.41, 5.74) is 7.61. The number of ether oxygens (including phenoxy) is 3. The number of hydrogen-bond donors (Lipinski definition) is 5. The van der Waals surface area contributed by atoms with Crippen LogP contribution in [0.25, 0.3) is 0 Å². The minimum atomic E-state index is -0.856. The van der Waals surface area contributed by atoms with Crippen LogP contribution >= 0.6 is 11.3 Å². The average Bonchev–Trinajstić information content (AvgIpc) is 1.70. The Labute approximate surface area is 576 Å². The number of amides is 8. The van der Waals surface area contributed by atoms with Gasteiger partial charge in [-0.2, -0.15) is 0 Å². The largest absolute Gasteiger partial charge is 0.508 e. The summed E-state index contributed by atoms with van der Waals surface area (Å²) in [6.45, 7) is 18.9. The number of methoxy groups -OCH3 is 1. The number of rotatable bonds is 43. The molecule has 6 N–H and O–H groups in total. The molecule has 1 fully saturated rings. The number of likely N-dealkylation sites (tertiary alicyclic amines) is 1. The third-order valence-electron chi connectivity index (χ3n) is 18.3. The van der Waals surface area contributed by atoms with Crippen molar-refractivity contribution in [3.8, 4) is 5.75 Å². The van der Waals surface area contributed by atoms with Gasteiger partial charge < -0.3 is 45.9 Å². The number of piperidine rings is 1. The summed E-state index contributed by atoms with van der Waals surface area (Å²) in [7, 11) is 1.32. The second-order valence-corrected chi connectivity index (χ2v) is 27.5. The number of nitrogens with zero attached hydrogens (tertiary/aromatic N) is 4. The van der Waals surface area contributed by atoms with E-state index >= 15 is 4.79 Å². The van der Waals surface area contributed by atoms with Gasteiger partial charge in [-0.1, -0.05) is 112 Å². The lowest BCUT2D eigenvalue weighted by atomic mass is 9.82. The Kier molecular flexibility index (Phi) is 33.5. The number of carbonyl (C=O) groups excluding carboxylic acids is 11. The quantitative estimate of drug-likeness (QED) is 0.0200. The molecular weight excluding hydrogens is 1260 g/mol. The molecule has 24 heteroatoms. The van der Waals surface area contributed by atoms with Crippen LogP contribution in [0, 0.1) is 35.5 Å². The molecular formula is C73H106N8O15S. The summed E-state index contributed by atoms with van der Waals surface area (Å²) < 4.78 is 17.4. The zero-order chi connectivity index (χ0) is 71.3. The van der Waals surface area contributed by atoms with Crippen molar-refractivity contribution in [2.45, 2.75) is 215 Å². The summed E-state index contributed by atoms with van der Waals surface area (Å²) >= 11 is 1.30. The average molecular weight is 1370 g/mol. The van der Waals surface area contributed by atoms with Crippen molar-refractivity contribution in [1.29, 1.82) is 0 Å². The molecule has 0 unspecified atom stereocenters. The molecule has 1 saturated heterocycles. The van der Waals surface area contributed by atoms with Gasteiger partial charge in [0.2, 0.25) is 11.8 Å². The van der Waals surface area contributed by atoms with Crippen molar-refractivity contribution in [2.24, 2.45) is 41.2 Å². The van der Waals surface area contributed by atoms with Gasteiger partial charge in [-0.15, -0.1) is 11.3 Å². The molecule has 8 amide bonds. The van der Waals surface area contributed by atoms with Crippen LogP contribution in [-0.2, 0) is 72.0 Å². The number of unbranched alkanes of at least 4 members (excludes halogenated alkanes) is 2. The maximum atomic E-state index is 15.3. The fourth-order valence-electron chi connectivity index (χ4n) is 12.5. The van der Waals surface area contributed by atoms with E-state index in [-0.39, 0.29) is 128 Å². The van der Waals surface area contributed by atoms with Crippen LogP contribution in [0.2, 0.25) is 0 Å². The predicted molar refractivity (Wildman–Crippen MR) is 368 cm³/mol. The van der Waals surface area contributed by atoms with Crippen LogP contribution in [0.1, 0.15) is 203 Å². The number of phenols is 1. The van der Waals surface area contributed by atoms with Gasteiger partial charge in [0, 0.05) is 106 Å². The highest BCUT2D eigenvalue weighted by molar-refractivity contribution is 7.09. The van der Waals surface area contributed by atoms with Crippen LogP contribution in [0.15, 0.2) is 66.1 Å². The molecule has 0 saturated carbocycles. The van der Waals surface area contributed by atoms with Gasteiger partial charge in [0.05, 0.1) is 25.1 Å². The molecule has 3 heterocycles. The summed E-state index contributed by atoms with van der Waals surface area (Å²) in [4.78, 5) is 156. The lowest BCUT2D eigenvalue weighted by Gasteiger charge is -2.40. The summed E-state index contributed by atoms with van der Waals surface area (Å²) in [5, 5.41) is 20.6. The molecule has 23 nitrogen and oxygen atoms in total. The van der Waals surface area contributed by atoms with Crippen LogP contribution in [-0.4, -0.2) is 154 Å². The summed E-state index contributed by atoms with van der Waals surface area (Å²) in [6, 6.07) is 10.5. The highest BCUT2D eigenvalue weighted by Gasteiger charge is 2.41. The molecule has 2 aliphatic rings. The van der Waals surface area contributed by atoms with Crippen LogP contribution < -0.4 is 21.7 Å². The van der Waals surface area contributed by atoms with E-state index in [1.54, 1.807) is 60.8 Å². The normalized spacial score (nSPS) is 16.4. The van der Waals surface area contributed by atoms with Crippen molar-refractivity contribution in [1.82, 2.24) is 35.6 Å². The number of nitrogens with one attached hydrogen (secondary N) is 3. The van der Waals surface area contributed by atoms with E-state index in [0.29, 0.717) is 119 Å². The van der Waals surface area contributed by atoms with Crippen LogP contribution in [0.3, 0.4) is 0 Å². The van der Waals surface area contributed by atoms with Gasteiger partial charge in [-0.3, -0.25) is 53.0 Å². The minimum absolute atomic E-state index is 0.0194. The topological polar surface area (TPSA) is 320 Å². The second kappa shape index (κ2) is 40.8. The van der Waals surface area contributed by atoms with Crippen LogP contribution in [0.5, 0.6) is 5.75 Å². The van der Waals surface area contributed by atoms with Gasteiger partial charge in [0.25, 0.3) is 17.7 Å². The number of primary amides is 1. The Bertz CT molecular complexity index is 3110. The Morgan fingerprint density at radius 2 is 1.47 bits per heavy atom. The zero-order valence-corrected chi connectivity index (χ0v) is 59.4. The number of imide groups is 1. The monoisotopic (exact) mass is 1370 g/mol. The van der Waals surface area contributed by atoms with Gasteiger partial charge in [-0.25, -0.2) is 14.6 Å². The number of aromatic nitrogens is 1. The molecule has 97 heavy (non-hydrogen) atoms. The molecule has 2 aliphatic heterocycles. The third-order valence-corrected chi connectivity index (χ3v) is 19.2. The summed E-state index contributed by atoms with van der Waals surface area (Å²) in [5.74, 6) is -5.11. The number of aromatic hydroxyl groups is 1. The maximum Gasteiger partial charge on any atom is 0.410 e. The standard InChI is InChI=1S/C73H106N8O15S/c1-11-34-79(59(46(4)5)43-63(95-37-12-2)69-77-57(45-97-69)68(89)76-54(38-49(9)71(91)94-10)39-50-27-29-55(82)30-28-50)70(90)56(48(8)13-3)42-61(84)58-21-16-18-35-80(58)73(93)96-44-52-25-23-51(24-26-52)40-60(83)53(20-19-33-75-72(74)92)41-62(85)67(47(6)7)78-64(86)22-15-14-17-36-81-65(87)31-32-66(81)88/h23-32,45-49,53-54,56,58-59,63,67,82H,11-22,33-44H2,1-10H3,(H,76,89)(H,78,86)(H3,74,75,92)/t48-,49-,53+,54+,56-,58+,59+,63+,67-/m0/s1. The Hall–Kier alpha value is -7.86. The van der Waals surface area contributed by atoms with E-state index in [1.807, 2.05) is 46.4 Å². The number of phenolic OH excluding ortho intramolecular Hbond substituents is 1. The molecule has 3 aromatic rings. The first kappa shape index (κ1) is 79.8. The number of hydrogen-bond acceptors (Lipinski definition) is 17. The fraction of sp³-hybridized carbons (Fsp3) is 0.616. The lowest BCUT2D eigenvalue weighted by Crippen LogP contribution is -2.51. The number of nitrogens with two attached hydrogens (primary N) is 1. The predicted octanol–water partition coefficient (Wildman–Crippen LogP) is 10.1. The van der Waals surface area contributed by atoms with Gasteiger partial charge >= 0.3 is 18.1 Å². The second-order valence-electron chi connectivity index (χ2n) is 26.7. The maximum absolute atomic E-state index is 15.3. The molecule has 0 bridgehead atoms. The van der Waals surface area contributed by atoms with E-state index in [2.05, 4.69) is 29.8 Å². The highest BCUT2D eigenvalue weighted by Crippen LogP contribution is 2.35. The molecule has 5 rings (SSSR count). The van der Waals surface area contributed by atoms with E-state index in [4.69, 9.17) is 24.9 Å². The molecule has 534 valence electrons. The molecule has 0 aliphatic carbocycles. The molecule has 2 aromatic carbocycles. The number of thiazole rings is 1. The smallest absolute Gasteiger partial charge is 0.410 e. The van der Waals surface area contributed by atoms with E-state index in [0.717, 1.165) is 10.5 Å². The number of esters is 1. The van der Waals surface area contributed by atoms with Crippen LogP contribution in [0.4, 0.5) is 9.59 Å². The van der Waals surface area contributed by atoms with Crippen molar-refractivity contribution < 1.29 is 72.1 Å². The number of ketones is 3. The Morgan fingerprint density at radius 1 is 0.794 bits per heavy atom. The van der Waals surface area contributed by atoms with Gasteiger partial charge in [-0.05, 0) is 117 Å². The van der Waals surface area contributed by atoms with E-state index in [1.165, 1.54) is 35.5 Å². The lowest BCUT2D eigenvalue weighted by molar-refractivity contribution is -0.145. The van der Waals surface area contributed by atoms with Gasteiger partial charge in [0.1, 0.15) is 34.9 Å².